The Hall–Kier alpha value is -0.560. The predicted octanol–water partition coefficient (Wildman–Crippen LogP) is 2.77. The van der Waals surface area contributed by atoms with E-state index in [1.165, 1.54) is 0 Å². The summed E-state index contributed by atoms with van der Waals surface area (Å²) >= 11 is 0. The van der Waals surface area contributed by atoms with Gasteiger partial charge >= 0.3 is 0 Å². The number of nitrogens with zero attached hydrogens (tertiary/aromatic N) is 1. The van der Waals surface area contributed by atoms with Gasteiger partial charge in [0.05, 0.1) is 6.04 Å². The maximum Gasteiger partial charge on any atom is 0.0501 e. The van der Waals surface area contributed by atoms with E-state index in [1.807, 2.05) is 0 Å². The maximum absolute atomic E-state index is 5.79. The average Bonchev–Trinajstić information content (AvgIpc) is 2.34. The zero-order valence-corrected chi connectivity index (χ0v) is 13.9. The fraction of sp³-hybridized carbons (Fsp3) is 0.875. The second kappa shape index (κ2) is 7.89. The van der Waals surface area contributed by atoms with E-state index in [0.29, 0.717) is 0 Å². The lowest BCUT2D eigenvalue weighted by molar-refractivity contribution is 0.0718. The van der Waals surface area contributed by atoms with Crippen LogP contribution in [0.3, 0.4) is 0 Å². The highest BCUT2D eigenvalue weighted by Crippen LogP contribution is 2.25. The Morgan fingerprint density at radius 1 is 1.11 bits per heavy atom. The zero-order chi connectivity index (χ0) is 15.1. The molecule has 0 rings (SSSR count). The normalized spacial score (nSPS) is 16.7. The van der Waals surface area contributed by atoms with Crippen molar-refractivity contribution in [2.75, 3.05) is 13.1 Å². The predicted molar refractivity (Wildman–Crippen MR) is 84.6 cm³/mol. The van der Waals surface area contributed by atoms with Crippen LogP contribution < -0.4 is 11.3 Å². The fourth-order valence-electron chi connectivity index (χ4n) is 2.51. The summed E-state index contributed by atoms with van der Waals surface area (Å²) in [5.41, 5.74) is 3.08. The van der Waals surface area contributed by atoms with Crippen molar-refractivity contribution in [2.24, 2.45) is 11.3 Å². The van der Waals surface area contributed by atoms with Gasteiger partial charge in [0.15, 0.2) is 0 Å². The van der Waals surface area contributed by atoms with E-state index in [1.54, 1.807) is 0 Å². The van der Waals surface area contributed by atoms with Crippen molar-refractivity contribution >= 4 is 0 Å². The zero-order valence-electron chi connectivity index (χ0n) is 13.9. The average molecular weight is 267 g/mol. The topological polar surface area (TPSA) is 41.3 Å². The summed E-state index contributed by atoms with van der Waals surface area (Å²) in [6.45, 7) is 17.4. The SMILES string of the molecule is CCN(CC)C(C)(CC)C(CC#CC(C)(C)C)NN. The molecule has 0 saturated carbocycles. The number of likely N-dealkylation sites (N-methyl/N-ethyl adjacent to an activating group) is 1. The molecule has 112 valence electrons. The van der Waals surface area contributed by atoms with Crippen molar-refractivity contribution in [3.8, 4) is 11.8 Å². The van der Waals surface area contributed by atoms with Crippen molar-refractivity contribution in [1.29, 1.82) is 0 Å². The molecule has 0 amide bonds. The van der Waals surface area contributed by atoms with Gasteiger partial charge in [-0.2, -0.15) is 0 Å². The summed E-state index contributed by atoms with van der Waals surface area (Å²) in [4.78, 5) is 2.47. The first kappa shape index (κ1) is 18.4. The van der Waals surface area contributed by atoms with E-state index in [0.717, 1.165) is 25.9 Å². The standard InChI is InChI=1S/C16H33N3/c1-8-16(7,19(9-2)10-3)14(18-17)12-11-13-15(4,5)6/h14,18H,8-10,12,17H2,1-7H3. The molecule has 0 aromatic rings. The first-order chi connectivity index (χ1) is 8.75. The molecular weight excluding hydrogens is 234 g/mol. The summed E-state index contributed by atoms with van der Waals surface area (Å²) in [5.74, 6) is 12.4. The Bertz CT molecular complexity index is 304. The number of nitrogens with two attached hydrogens (primary N) is 1. The molecule has 2 atom stereocenters. The molecule has 0 aromatic carbocycles. The third-order valence-electron chi connectivity index (χ3n) is 3.92. The number of hydrazine groups is 1. The Morgan fingerprint density at radius 2 is 1.63 bits per heavy atom. The Morgan fingerprint density at radius 3 is 1.95 bits per heavy atom. The third kappa shape index (κ3) is 5.52. The fourth-order valence-corrected chi connectivity index (χ4v) is 2.51. The maximum atomic E-state index is 5.79. The van der Waals surface area contributed by atoms with Gasteiger partial charge in [0, 0.05) is 17.4 Å². The summed E-state index contributed by atoms with van der Waals surface area (Å²) in [5, 5.41) is 0. The van der Waals surface area contributed by atoms with E-state index < -0.39 is 0 Å². The van der Waals surface area contributed by atoms with Crippen LogP contribution in [0.5, 0.6) is 0 Å². The Kier molecular flexibility index (Phi) is 7.66. The Balaban J connectivity index is 5.01. The second-order valence-electron chi connectivity index (χ2n) is 6.36. The molecule has 0 aliphatic heterocycles. The quantitative estimate of drug-likeness (QED) is 0.423. The minimum atomic E-state index is 0.0464. The van der Waals surface area contributed by atoms with Gasteiger partial charge in [-0.25, -0.2) is 0 Å². The van der Waals surface area contributed by atoms with Gasteiger partial charge in [0.25, 0.3) is 0 Å². The van der Waals surface area contributed by atoms with E-state index in [-0.39, 0.29) is 17.0 Å². The lowest BCUT2D eigenvalue weighted by atomic mass is 9.85. The van der Waals surface area contributed by atoms with Crippen LogP contribution in [0.2, 0.25) is 0 Å². The van der Waals surface area contributed by atoms with Crippen LogP contribution in [0.1, 0.15) is 61.3 Å². The first-order valence-corrected chi connectivity index (χ1v) is 7.46. The molecule has 0 aromatic heterocycles. The van der Waals surface area contributed by atoms with Crippen LogP contribution in [-0.4, -0.2) is 29.6 Å². The summed E-state index contributed by atoms with van der Waals surface area (Å²) in [7, 11) is 0. The number of hydrogen-bond acceptors (Lipinski definition) is 3. The van der Waals surface area contributed by atoms with E-state index in [4.69, 9.17) is 5.84 Å². The highest BCUT2D eigenvalue weighted by molar-refractivity contribution is 5.11. The van der Waals surface area contributed by atoms with Crippen LogP contribution in [0.4, 0.5) is 0 Å². The monoisotopic (exact) mass is 267 g/mol. The third-order valence-corrected chi connectivity index (χ3v) is 3.92. The number of rotatable bonds is 7. The second-order valence-corrected chi connectivity index (χ2v) is 6.36. The minimum absolute atomic E-state index is 0.0464. The van der Waals surface area contributed by atoms with Gasteiger partial charge in [0.1, 0.15) is 0 Å². The first-order valence-electron chi connectivity index (χ1n) is 7.46. The highest BCUT2D eigenvalue weighted by atomic mass is 15.3. The van der Waals surface area contributed by atoms with E-state index in [9.17, 15) is 0 Å². The molecule has 0 aliphatic carbocycles. The molecule has 2 unspecified atom stereocenters. The van der Waals surface area contributed by atoms with Gasteiger partial charge < -0.3 is 0 Å². The molecule has 0 radical (unpaired) electrons. The molecule has 19 heavy (non-hydrogen) atoms. The molecule has 3 N–H and O–H groups in total. The van der Waals surface area contributed by atoms with Gasteiger partial charge in [-0.15, -0.1) is 5.92 Å². The van der Waals surface area contributed by atoms with Gasteiger partial charge in [-0.3, -0.25) is 16.2 Å². The lowest BCUT2D eigenvalue weighted by Crippen LogP contribution is -2.60. The molecule has 0 bridgehead atoms. The van der Waals surface area contributed by atoms with Gasteiger partial charge in [0.2, 0.25) is 0 Å². The highest BCUT2D eigenvalue weighted by Gasteiger charge is 2.35. The molecule has 3 heteroatoms. The smallest absolute Gasteiger partial charge is 0.0501 e. The molecule has 0 aliphatic rings. The molecule has 0 heterocycles. The van der Waals surface area contributed by atoms with Crippen LogP contribution in [0, 0.1) is 17.3 Å². The summed E-state index contributed by atoms with van der Waals surface area (Å²) in [6.07, 6.45) is 1.84. The molecule has 0 fully saturated rings. The molecule has 0 spiro atoms. The molecule has 3 nitrogen and oxygen atoms in total. The van der Waals surface area contributed by atoms with Crippen molar-refractivity contribution in [1.82, 2.24) is 10.3 Å². The molecular formula is C16H33N3. The van der Waals surface area contributed by atoms with Crippen molar-refractivity contribution in [3.63, 3.8) is 0 Å². The summed E-state index contributed by atoms with van der Waals surface area (Å²) < 4.78 is 0. The number of hydrogen-bond donors (Lipinski definition) is 2. The minimum Gasteiger partial charge on any atom is -0.297 e. The summed E-state index contributed by atoms with van der Waals surface area (Å²) in [6, 6.07) is 0.187. The van der Waals surface area contributed by atoms with E-state index in [2.05, 4.69) is 70.6 Å². The van der Waals surface area contributed by atoms with Crippen molar-refractivity contribution < 1.29 is 0 Å². The largest absolute Gasteiger partial charge is 0.297 e. The van der Waals surface area contributed by atoms with Crippen molar-refractivity contribution in [3.05, 3.63) is 0 Å². The number of nitrogens with one attached hydrogen (secondary N) is 1. The Labute approximate surface area is 120 Å². The molecule has 0 saturated heterocycles. The van der Waals surface area contributed by atoms with Crippen molar-refractivity contribution in [2.45, 2.75) is 72.9 Å². The van der Waals surface area contributed by atoms with Crippen LogP contribution in [-0.2, 0) is 0 Å². The van der Waals surface area contributed by atoms with Crippen LogP contribution >= 0.6 is 0 Å². The van der Waals surface area contributed by atoms with Crippen LogP contribution in [0.15, 0.2) is 0 Å². The van der Waals surface area contributed by atoms with Crippen LogP contribution in [0.25, 0.3) is 0 Å². The van der Waals surface area contributed by atoms with Gasteiger partial charge in [-0.05, 0) is 47.2 Å². The van der Waals surface area contributed by atoms with Gasteiger partial charge in [-0.1, -0.05) is 26.7 Å². The lowest BCUT2D eigenvalue weighted by Gasteiger charge is -2.45. The van der Waals surface area contributed by atoms with E-state index >= 15 is 0 Å².